The average molecular weight is 368 g/mol. The van der Waals surface area contributed by atoms with E-state index in [4.69, 9.17) is 0 Å². The number of aryl methyl sites for hydroxylation is 1. The first-order chi connectivity index (χ1) is 11.5. The third-order valence-corrected chi connectivity index (χ3v) is 3.86. The molecule has 10 nitrogen and oxygen atoms in total. The number of carbonyl (C=O) groups is 1. The fourth-order valence-corrected chi connectivity index (χ4v) is 2.72. The Bertz CT molecular complexity index is 774. The minimum Gasteiger partial charge on any atom is -0.366 e. The summed E-state index contributed by atoms with van der Waals surface area (Å²) < 4.78 is 0. The summed E-state index contributed by atoms with van der Waals surface area (Å²) in [5, 5.41) is 25.0. The van der Waals surface area contributed by atoms with E-state index in [1.54, 1.807) is 19.2 Å². The molecular weight excluding hydrogens is 350 g/mol. The Morgan fingerprint density at radius 3 is 2.60 bits per heavy atom. The number of aromatic nitrogens is 4. The van der Waals surface area contributed by atoms with E-state index in [1.807, 2.05) is 4.90 Å². The second kappa shape index (κ2) is 7.88. The number of hydrogen-bond donors (Lipinski definition) is 1. The smallest absolute Gasteiger partial charge is 0.293 e. The number of amides is 1. The van der Waals surface area contributed by atoms with E-state index >= 15 is 0 Å². The maximum absolute atomic E-state index is 12.2. The van der Waals surface area contributed by atoms with Gasteiger partial charge in [0.15, 0.2) is 0 Å². The van der Waals surface area contributed by atoms with Gasteiger partial charge in [-0.2, -0.15) is 4.80 Å². The number of carbonyl (C=O) groups excluding carboxylic acids is 1. The fraction of sp³-hybridized carbons (Fsp3) is 0.429. The highest BCUT2D eigenvalue weighted by Gasteiger charge is 2.23. The van der Waals surface area contributed by atoms with E-state index in [0.29, 0.717) is 5.69 Å². The van der Waals surface area contributed by atoms with Crippen LogP contribution in [0.25, 0.3) is 0 Å². The SMILES string of the molecule is Cl.Cn1nnc(NC(=O)c2ccc(N3CCCCC3)c([N+](=O)[O-])c2)n1. The van der Waals surface area contributed by atoms with E-state index in [9.17, 15) is 14.9 Å². The summed E-state index contributed by atoms with van der Waals surface area (Å²) in [5.41, 5.74) is 0.653. The molecule has 3 rings (SSSR count). The van der Waals surface area contributed by atoms with Gasteiger partial charge in [-0.1, -0.05) is 5.10 Å². The number of hydrogen-bond acceptors (Lipinski definition) is 7. The summed E-state index contributed by atoms with van der Waals surface area (Å²) in [5.74, 6) is -0.471. The van der Waals surface area contributed by atoms with E-state index in [2.05, 4.69) is 20.7 Å². The van der Waals surface area contributed by atoms with Crippen molar-refractivity contribution in [3.05, 3.63) is 33.9 Å². The lowest BCUT2D eigenvalue weighted by atomic mass is 10.1. The van der Waals surface area contributed by atoms with Crippen LogP contribution in [0.5, 0.6) is 0 Å². The van der Waals surface area contributed by atoms with Crippen LogP contribution in [0.3, 0.4) is 0 Å². The van der Waals surface area contributed by atoms with Gasteiger partial charge in [0, 0.05) is 24.7 Å². The molecule has 11 heteroatoms. The van der Waals surface area contributed by atoms with Crippen molar-refractivity contribution >= 4 is 35.6 Å². The van der Waals surface area contributed by atoms with Crippen LogP contribution in [0, 0.1) is 10.1 Å². The standard InChI is InChI=1S/C14H17N7O3.ClH/c1-19-17-14(16-18-19)15-13(22)10-5-6-11(12(9-10)21(23)24)20-7-3-2-4-8-20;/h5-6,9H,2-4,7-8H2,1H3,(H,15,17,22);1H. The Kier molecular flexibility index (Phi) is 5.86. The van der Waals surface area contributed by atoms with Gasteiger partial charge in [-0.3, -0.25) is 20.2 Å². The molecule has 0 bridgehead atoms. The minimum absolute atomic E-state index is 0. The predicted molar refractivity (Wildman–Crippen MR) is 93.2 cm³/mol. The number of nitrogens with zero attached hydrogens (tertiary/aromatic N) is 6. The molecule has 0 spiro atoms. The maximum atomic E-state index is 12.2. The molecule has 1 amide bonds. The quantitative estimate of drug-likeness (QED) is 0.646. The third kappa shape index (κ3) is 4.21. The largest absolute Gasteiger partial charge is 0.366 e. The normalized spacial score (nSPS) is 13.9. The summed E-state index contributed by atoms with van der Waals surface area (Å²) >= 11 is 0. The highest BCUT2D eigenvalue weighted by molar-refractivity contribution is 6.04. The van der Waals surface area contributed by atoms with Crippen LogP contribution in [-0.2, 0) is 7.05 Å². The van der Waals surface area contributed by atoms with E-state index in [1.165, 1.54) is 10.9 Å². The zero-order valence-electron chi connectivity index (χ0n) is 13.6. The molecule has 0 saturated carbocycles. The van der Waals surface area contributed by atoms with Crippen LogP contribution in [0.4, 0.5) is 17.3 Å². The van der Waals surface area contributed by atoms with Gasteiger partial charge in [-0.15, -0.1) is 17.5 Å². The Balaban J connectivity index is 0.00000225. The van der Waals surface area contributed by atoms with Gasteiger partial charge >= 0.3 is 0 Å². The number of piperidine rings is 1. The van der Waals surface area contributed by atoms with Crippen molar-refractivity contribution in [2.24, 2.45) is 7.05 Å². The number of benzene rings is 1. The van der Waals surface area contributed by atoms with Gasteiger partial charge in [0.05, 0.1) is 12.0 Å². The molecule has 2 heterocycles. The van der Waals surface area contributed by atoms with Crippen molar-refractivity contribution in [2.75, 3.05) is 23.3 Å². The molecule has 1 N–H and O–H groups in total. The van der Waals surface area contributed by atoms with Crippen molar-refractivity contribution in [2.45, 2.75) is 19.3 Å². The molecule has 1 aromatic carbocycles. The maximum Gasteiger partial charge on any atom is 0.293 e. The van der Waals surface area contributed by atoms with Crippen LogP contribution in [0.15, 0.2) is 18.2 Å². The molecule has 1 aromatic heterocycles. The van der Waals surface area contributed by atoms with Gasteiger partial charge in [0.1, 0.15) is 5.69 Å². The first-order valence-electron chi connectivity index (χ1n) is 7.63. The van der Waals surface area contributed by atoms with E-state index < -0.39 is 10.8 Å². The van der Waals surface area contributed by atoms with Crippen molar-refractivity contribution in [1.82, 2.24) is 20.2 Å². The highest BCUT2D eigenvalue weighted by atomic mass is 35.5. The second-order valence-electron chi connectivity index (χ2n) is 5.56. The average Bonchev–Trinajstić information content (AvgIpc) is 3.00. The van der Waals surface area contributed by atoms with Gasteiger partial charge in [0.25, 0.3) is 17.5 Å². The van der Waals surface area contributed by atoms with Crippen molar-refractivity contribution < 1.29 is 9.72 Å². The zero-order valence-corrected chi connectivity index (χ0v) is 14.4. The molecule has 1 saturated heterocycles. The summed E-state index contributed by atoms with van der Waals surface area (Å²) in [7, 11) is 1.57. The van der Waals surface area contributed by atoms with Crippen LogP contribution in [-0.4, -0.2) is 44.1 Å². The van der Waals surface area contributed by atoms with Gasteiger partial charge in [-0.25, -0.2) is 0 Å². The molecule has 2 aromatic rings. The lowest BCUT2D eigenvalue weighted by Gasteiger charge is -2.28. The fourth-order valence-electron chi connectivity index (χ4n) is 2.72. The monoisotopic (exact) mass is 367 g/mol. The van der Waals surface area contributed by atoms with E-state index in [0.717, 1.165) is 32.4 Å². The topological polar surface area (TPSA) is 119 Å². The molecule has 134 valence electrons. The molecular formula is C14H18ClN7O3. The molecule has 1 aliphatic rings. The number of rotatable bonds is 4. The number of tetrazole rings is 1. The molecule has 0 unspecified atom stereocenters. The summed E-state index contributed by atoms with van der Waals surface area (Å²) in [6.07, 6.45) is 3.16. The minimum atomic E-state index is -0.517. The third-order valence-electron chi connectivity index (χ3n) is 3.86. The zero-order chi connectivity index (χ0) is 17.1. The van der Waals surface area contributed by atoms with Crippen LogP contribution in [0.1, 0.15) is 29.6 Å². The number of halogens is 1. The van der Waals surface area contributed by atoms with Crippen LogP contribution in [0.2, 0.25) is 0 Å². The highest BCUT2D eigenvalue weighted by Crippen LogP contribution is 2.31. The number of nitro groups is 1. The molecule has 25 heavy (non-hydrogen) atoms. The Hall–Kier alpha value is -2.75. The van der Waals surface area contributed by atoms with Gasteiger partial charge < -0.3 is 4.90 Å². The lowest BCUT2D eigenvalue weighted by Crippen LogP contribution is -2.30. The first-order valence-corrected chi connectivity index (χ1v) is 7.63. The lowest BCUT2D eigenvalue weighted by molar-refractivity contribution is -0.384. The summed E-state index contributed by atoms with van der Waals surface area (Å²) in [4.78, 5) is 26.4. The van der Waals surface area contributed by atoms with Crippen molar-refractivity contribution in [3.63, 3.8) is 0 Å². The molecule has 0 radical (unpaired) electrons. The number of anilines is 2. The van der Waals surface area contributed by atoms with Crippen LogP contribution < -0.4 is 10.2 Å². The molecule has 1 fully saturated rings. The van der Waals surface area contributed by atoms with Gasteiger partial charge in [0.2, 0.25) is 0 Å². The van der Waals surface area contributed by atoms with E-state index in [-0.39, 0.29) is 29.6 Å². The van der Waals surface area contributed by atoms with Crippen LogP contribution >= 0.6 is 12.4 Å². The predicted octanol–water partition coefficient (Wildman–Crippen LogP) is 1.78. The molecule has 0 atom stereocenters. The molecule has 1 aliphatic heterocycles. The molecule has 0 aliphatic carbocycles. The Labute approximate surface area is 149 Å². The summed E-state index contributed by atoms with van der Waals surface area (Å²) in [6.45, 7) is 1.58. The van der Waals surface area contributed by atoms with Gasteiger partial charge in [-0.05, 0) is 36.6 Å². The number of nitrogens with one attached hydrogen (secondary N) is 1. The first kappa shape index (κ1) is 18.6. The number of nitro benzene ring substituents is 1. The second-order valence-corrected chi connectivity index (χ2v) is 5.56. The Morgan fingerprint density at radius 1 is 1.28 bits per heavy atom. The van der Waals surface area contributed by atoms with Crippen molar-refractivity contribution in [3.8, 4) is 0 Å². The summed E-state index contributed by atoms with van der Waals surface area (Å²) in [6, 6.07) is 4.49. The Morgan fingerprint density at radius 2 is 2.00 bits per heavy atom. The van der Waals surface area contributed by atoms with Crippen molar-refractivity contribution in [1.29, 1.82) is 0 Å².